The molecular formula is C19H25N9OS. The number of thiazole rings is 1. The maximum absolute atomic E-state index is 5.64. The topological polar surface area (TPSA) is 109 Å². The number of hydrogen-bond donors (Lipinski definition) is 1. The summed E-state index contributed by atoms with van der Waals surface area (Å²) in [6.07, 6.45) is 3.31. The van der Waals surface area contributed by atoms with Gasteiger partial charge in [0, 0.05) is 51.7 Å². The highest BCUT2D eigenvalue weighted by Gasteiger charge is 2.22. The van der Waals surface area contributed by atoms with Gasteiger partial charge in [-0.1, -0.05) is 0 Å². The van der Waals surface area contributed by atoms with E-state index in [1.165, 1.54) is 0 Å². The van der Waals surface area contributed by atoms with Gasteiger partial charge in [-0.3, -0.25) is 4.90 Å². The molecule has 0 spiro atoms. The molecule has 0 bridgehead atoms. The molecule has 2 aliphatic heterocycles. The summed E-state index contributed by atoms with van der Waals surface area (Å²) in [5, 5.41) is 1.07. The summed E-state index contributed by atoms with van der Waals surface area (Å²) in [7, 11) is 2.17. The van der Waals surface area contributed by atoms with Gasteiger partial charge in [-0.25, -0.2) is 24.9 Å². The van der Waals surface area contributed by atoms with E-state index in [1.807, 2.05) is 0 Å². The number of anilines is 2. The lowest BCUT2D eigenvalue weighted by atomic mass is 10.3. The summed E-state index contributed by atoms with van der Waals surface area (Å²) in [6, 6.07) is 0. The minimum absolute atomic E-state index is 0.233. The summed E-state index contributed by atoms with van der Waals surface area (Å²) in [4.78, 5) is 29.7. The van der Waals surface area contributed by atoms with Crippen LogP contribution in [0.3, 0.4) is 0 Å². The number of likely N-dealkylation sites (N-methyl/N-ethyl adjacent to an activating group) is 1. The van der Waals surface area contributed by atoms with Gasteiger partial charge in [0.05, 0.1) is 25.3 Å². The van der Waals surface area contributed by atoms with E-state index in [0.29, 0.717) is 19.0 Å². The van der Waals surface area contributed by atoms with E-state index in [1.54, 1.807) is 23.7 Å². The third kappa shape index (κ3) is 4.06. The lowest BCUT2D eigenvalue weighted by Gasteiger charge is -2.31. The molecule has 2 fully saturated rings. The van der Waals surface area contributed by atoms with Gasteiger partial charge in [-0.05, 0) is 7.05 Å². The average Bonchev–Trinajstić information content (AvgIpc) is 3.18. The molecule has 30 heavy (non-hydrogen) atoms. The number of nitrogens with zero attached hydrogens (tertiary/aromatic N) is 8. The Morgan fingerprint density at radius 2 is 1.73 bits per heavy atom. The zero-order valence-corrected chi connectivity index (χ0v) is 17.8. The minimum atomic E-state index is 0.233. The van der Waals surface area contributed by atoms with Crippen molar-refractivity contribution in [1.29, 1.82) is 0 Å². The van der Waals surface area contributed by atoms with Crippen molar-refractivity contribution in [3.8, 4) is 11.4 Å². The van der Waals surface area contributed by atoms with Crippen molar-refractivity contribution < 1.29 is 4.74 Å². The van der Waals surface area contributed by atoms with E-state index < -0.39 is 0 Å². The van der Waals surface area contributed by atoms with Crippen molar-refractivity contribution in [2.75, 3.05) is 70.2 Å². The number of ether oxygens (including phenoxy) is 1. The second kappa shape index (κ2) is 8.34. The molecule has 0 aromatic carbocycles. The third-order valence-electron chi connectivity index (χ3n) is 5.48. The smallest absolute Gasteiger partial charge is 0.219 e. The van der Waals surface area contributed by atoms with Gasteiger partial charge in [-0.2, -0.15) is 0 Å². The molecule has 0 aliphatic carbocycles. The molecular weight excluding hydrogens is 402 g/mol. The first-order chi connectivity index (χ1) is 14.7. The lowest BCUT2D eigenvalue weighted by Crippen LogP contribution is -2.43. The standard InChI is InChI=1S/C19H25N9OS/c1-26-2-4-27(5-3-26)12-14-23-17-15(30-14)18(28-6-8-29-9-7-28)25-16(24-17)13-10-21-19(20)22-11-13/h10-11H,2-9,12H2,1H3,(H2,20,21,22). The molecule has 0 saturated carbocycles. The molecule has 2 N–H and O–H groups in total. The van der Waals surface area contributed by atoms with Crippen molar-refractivity contribution in [3.63, 3.8) is 0 Å². The molecule has 0 atom stereocenters. The largest absolute Gasteiger partial charge is 0.378 e. The number of rotatable bonds is 4. The van der Waals surface area contributed by atoms with Crippen LogP contribution in [0.15, 0.2) is 12.4 Å². The molecule has 158 valence electrons. The average molecular weight is 428 g/mol. The van der Waals surface area contributed by atoms with Gasteiger partial charge < -0.3 is 20.3 Å². The number of nitrogen functional groups attached to an aromatic ring is 1. The number of hydrogen-bond acceptors (Lipinski definition) is 11. The molecule has 2 saturated heterocycles. The van der Waals surface area contributed by atoms with Crippen molar-refractivity contribution in [2.24, 2.45) is 0 Å². The van der Waals surface area contributed by atoms with Crippen molar-refractivity contribution in [2.45, 2.75) is 6.54 Å². The maximum atomic E-state index is 5.64. The van der Waals surface area contributed by atoms with Crippen LogP contribution >= 0.6 is 11.3 Å². The SMILES string of the molecule is CN1CCN(Cc2nc3nc(-c4cnc(N)nc4)nc(N4CCOCC4)c3s2)CC1. The Morgan fingerprint density at radius 3 is 2.47 bits per heavy atom. The molecule has 3 aromatic rings. The summed E-state index contributed by atoms with van der Waals surface area (Å²) in [5.74, 6) is 1.72. The van der Waals surface area contributed by atoms with E-state index in [0.717, 1.165) is 72.5 Å². The lowest BCUT2D eigenvalue weighted by molar-refractivity contribution is 0.122. The van der Waals surface area contributed by atoms with Crippen LogP contribution in [0.1, 0.15) is 5.01 Å². The predicted octanol–water partition coefficient (Wildman–Crippen LogP) is 0.710. The van der Waals surface area contributed by atoms with Gasteiger partial charge in [0.1, 0.15) is 9.71 Å². The van der Waals surface area contributed by atoms with Crippen molar-refractivity contribution in [1.82, 2.24) is 34.7 Å². The highest BCUT2D eigenvalue weighted by atomic mass is 32.1. The van der Waals surface area contributed by atoms with Crippen LogP contribution < -0.4 is 10.6 Å². The quantitative estimate of drug-likeness (QED) is 0.639. The number of morpholine rings is 1. The van der Waals surface area contributed by atoms with Crippen molar-refractivity contribution in [3.05, 3.63) is 17.4 Å². The first-order valence-electron chi connectivity index (χ1n) is 10.1. The van der Waals surface area contributed by atoms with Gasteiger partial charge in [0.15, 0.2) is 17.3 Å². The van der Waals surface area contributed by atoms with Gasteiger partial charge >= 0.3 is 0 Å². The van der Waals surface area contributed by atoms with Gasteiger partial charge in [-0.15, -0.1) is 11.3 Å². The van der Waals surface area contributed by atoms with Gasteiger partial charge in [0.25, 0.3) is 0 Å². The first kappa shape index (κ1) is 19.5. The summed E-state index contributed by atoms with van der Waals surface area (Å²) < 4.78 is 6.56. The van der Waals surface area contributed by atoms with Gasteiger partial charge in [0.2, 0.25) is 5.95 Å². The fourth-order valence-corrected chi connectivity index (χ4v) is 4.75. The zero-order valence-electron chi connectivity index (χ0n) is 17.0. The first-order valence-corrected chi connectivity index (χ1v) is 11.0. The highest BCUT2D eigenvalue weighted by molar-refractivity contribution is 7.19. The molecule has 0 unspecified atom stereocenters. The Labute approximate surface area is 178 Å². The Balaban J connectivity index is 1.51. The van der Waals surface area contributed by atoms with Crippen LogP contribution in [0.5, 0.6) is 0 Å². The van der Waals surface area contributed by atoms with Crippen LogP contribution in [0.25, 0.3) is 21.7 Å². The number of nitrogens with two attached hydrogens (primary N) is 1. The minimum Gasteiger partial charge on any atom is -0.378 e. The zero-order chi connectivity index (χ0) is 20.5. The van der Waals surface area contributed by atoms with E-state index in [-0.39, 0.29) is 5.95 Å². The molecule has 0 amide bonds. The van der Waals surface area contributed by atoms with E-state index in [2.05, 4.69) is 31.7 Å². The molecule has 5 rings (SSSR count). The summed E-state index contributed by atoms with van der Waals surface area (Å²) >= 11 is 1.69. The molecule has 0 radical (unpaired) electrons. The normalized spacial score (nSPS) is 18.9. The van der Waals surface area contributed by atoms with Crippen LogP contribution in [-0.2, 0) is 11.3 Å². The monoisotopic (exact) mass is 427 g/mol. The maximum Gasteiger partial charge on any atom is 0.219 e. The number of piperazine rings is 1. The van der Waals surface area contributed by atoms with Crippen LogP contribution in [0.4, 0.5) is 11.8 Å². The molecule has 2 aliphatic rings. The summed E-state index contributed by atoms with van der Waals surface area (Å²) in [6.45, 7) is 8.13. The number of aromatic nitrogens is 5. The van der Waals surface area contributed by atoms with E-state index >= 15 is 0 Å². The Morgan fingerprint density at radius 1 is 1.00 bits per heavy atom. The Kier molecular flexibility index (Phi) is 5.42. The molecule has 11 heteroatoms. The fraction of sp³-hybridized carbons (Fsp3) is 0.526. The van der Waals surface area contributed by atoms with Crippen LogP contribution in [0.2, 0.25) is 0 Å². The predicted molar refractivity (Wildman–Crippen MR) is 116 cm³/mol. The van der Waals surface area contributed by atoms with E-state index in [4.69, 9.17) is 25.4 Å². The second-order valence-electron chi connectivity index (χ2n) is 7.64. The third-order valence-corrected chi connectivity index (χ3v) is 6.50. The molecule has 3 aromatic heterocycles. The fourth-order valence-electron chi connectivity index (χ4n) is 3.69. The molecule has 5 heterocycles. The Bertz CT molecular complexity index is 1010. The van der Waals surface area contributed by atoms with Crippen molar-refractivity contribution >= 4 is 33.5 Å². The van der Waals surface area contributed by atoms with Crippen LogP contribution in [-0.4, -0.2) is 94.2 Å². The highest BCUT2D eigenvalue weighted by Crippen LogP contribution is 2.33. The van der Waals surface area contributed by atoms with Crippen LogP contribution in [0, 0.1) is 0 Å². The second-order valence-corrected chi connectivity index (χ2v) is 8.72. The molecule has 10 nitrogen and oxygen atoms in total. The Hall–Kier alpha value is -2.47. The van der Waals surface area contributed by atoms with E-state index in [9.17, 15) is 0 Å². The number of fused-ring (bicyclic) bond motifs is 1. The summed E-state index contributed by atoms with van der Waals surface area (Å²) in [5.41, 5.74) is 7.10.